The molecule has 0 fully saturated rings. The van der Waals surface area contributed by atoms with Crippen molar-refractivity contribution in [2.75, 3.05) is 4.72 Å². The fourth-order valence-electron chi connectivity index (χ4n) is 1.58. The summed E-state index contributed by atoms with van der Waals surface area (Å²) in [7, 11) is -4.05. The number of hydrogen-bond acceptors (Lipinski definition) is 5. The average Bonchev–Trinajstić information content (AvgIpc) is 2.41. The molecule has 0 amide bonds. The molecule has 9 heteroatoms. The monoisotopic (exact) mass is 327 g/mol. The van der Waals surface area contributed by atoms with Gasteiger partial charge in [-0.2, -0.15) is 0 Å². The molecule has 0 bridgehead atoms. The van der Waals surface area contributed by atoms with Gasteiger partial charge in [0.1, 0.15) is 4.90 Å². The summed E-state index contributed by atoms with van der Waals surface area (Å²) in [4.78, 5) is 13.5. The first-order valence-corrected chi connectivity index (χ1v) is 7.55. The smallest absolute Gasteiger partial charge is 0.270 e. The van der Waals surface area contributed by atoms with Crippen LogP contribution < -0.4 is 4.72 Å². The number of nitrogens with one attached hydrogen (secondary N) is 1. The molecule has 1 N–H and O–H groups in total. The maximum atomic E-state index is 12.3. The van der Waals surface area contributed by atoms with E-state index >= 15 is 0 Å². The molecular formula is C12H10ClN3O4S. The lowest BCUT2D eigenvalue weighted by molar-refractivity contribution is -0.385. The Morgan fingerprint density at radius 3 is 2.67 bits per heavy atom. The molecule has 0 aliphatic carbocycles. The van der Waals surface area contributed by atoms with E-state index in [0.717, 1.165) is 12.1 Å². The lowest BCUT2D eigenvalue weighted by Gasteiger charge is -2.10. The first-order valence-electron chi connectivity index (χ1n) is 5.68. The van der Waals surface area contributed by atoms with Gasteiger partial charge in [0.15, 0.2) is 0 Å². The third-order valence-corrected chi connectivity index (χ3v) is 4.55. The molecule has 0 aliphatic rings. The first kappa shape index (κ1) is 15.2. The lowest BCUT2D eigenvalue weighted by Crippen LogP contribution is -2.14. The molecule has 1 aromatic carbocycles. The van der Waals surface area contributed by atoms with E-state index in [2.05, 4.69) is 9.71 Å². The van der Waals surface area contributed by atoms with Gasteiger partial charge >= 0.3 is 0 Å². The molecule has 110 valence electrons. The van der Waals surface area contributed by atoms with Crippen molar-refractivity contribution in [2.24, 2.45) is 0 Å². The van der Waals surface area contributed by atoms with Crippen molar-refractivity contribution >= 4 is 33.0 Å². The van der Waals surface area contributed by atoms with Crippen LogP contribution in [-0.4, -0.2) is 18.3 Å². The number of pyridine rings is 1. The number of aromatic nitrogens is 1. The molecule has 0 radical (unpaired) electrons. The summed E-state index contributed by atoms with van der Waals surface area (Å²) < 4.78 is 26.9. The number of benzene rings is 1. The summed E-state index contributed by atoms with van der Waals surface area (Å²) in [6.45, 7) is 1.70. The van der Waals surface area contributed by atoms with Crippen LogP contribution >= 0.6 is 11.6 Å². The van der Waals surface area contributed by atoms with Gasteiger partial charge in [-0.1, -0.05) is 11.6 Å². The van der Waals surface area contributed by atoms with Crippen LogP contribution in [0.2, 0.25) is 5.02 Å². The predicted octanol–water partition coefficient (Wildman–Crippen LogP) is 2.75. The zero-order chi connectivity index (χ0) is 15.6. The third-order valence-electron chi connectivity index (χ3n) is 2.70. The Morgan fingerprint density at radius 2 is 2.05 bits per heavy atom. The van der Waals surface area contributed by atoms with Crippen LogP contribution in [0.15, 0.2) is 41.6 Å². The van der Waals surface area contributed by atoms with Gasteiger partial charge in [-0.05, 0) is 24.6 Å². The van der Waals surface area contributed by atoms with Gasteiger partial charge in [-0.25, -0.2) is 8.42 Å². The normalized spacial score (nSPS) is 11.1. The van der Waals surface area contributed by atoms with E-state index < -0.39 is 14.9 Å². The molecule has 1 aromatic heterocycles. The van der Waals surface area contributed by atoms with Gasteiger partial charge in [0.2, 0.25) is 0 Å². The lowest BCUT2D eigenvalue weighted by atomic mass is 10.3. The number of aryl methyl sites for hydroxylation is 1. The highest BCUT2D eigenvalue weighted by Crippen LogP contribution is 2.28. The Balaban J connectivity index is 2.47. The van der Waals surface area contributed by atoms with Gasteiger partial charge in [0, 0.05) is 18.3 Å². The summed E-state index contributed by atoms with van der Waals surface area (Å²) in [5, 5.41) is 10.6. The molecule has 0 saturated heterocycles. The quantitative estimate of drug-likeness (QED) is 0.687. The Kier molecular flexibility index (Phi) is 4.10. The van der Waals surface area contributed by atoms with E-state index in [1.807, 2.05) is 0 Å². The van der Waals surface area contributed by atoms with Crippen molar-refractivity contribution in [3.8, 4) is 0 Å². The SMILES string of the molecule is Cc1ccncc1NS(=O)(=O)c1cc([N+](=O)[O-])ccc1Cl. The van der Waals surface area contributed by atoms with E-state index in [9.17, 15) is 18.5 Å². The highest BCUT2D eigenvalue weighted by Gasteiger charge is 2.22. The fraction of sp³-hybridized carbons (Fsp3) is 0.0833. The minimum Gasteiger partial charge on any atom is -0.278 e. The van der Waals surface area contributed by atoms with Crippen LogP contribution in [-0.2, 0) is 10.0 Å². The Bertz CT molecular complexity index is 808. The first-order chi connectivity index (χ1) is 9.81. The number of nitrogens with zero attached hydrogens (tertiary/aromatic N) is 2. The molecule has 2 aromatic rings. The zero-order valence-electron chi connectivity index (χ0n) is 10.8. The molecule has 0 aliphatic heterocycles. The average molecular weight is 328 g/mol. The third kappa shape index (κ3) is 3.29. The van der Waals surface area contributed by atoms with Gasteiger partial charge in [0.05, 0.1) is 21.8 Å². The van der Waals surface area contributed by atoms with Crippen molar-refractivity contribution < 1.29 is 13.3 Å². The second kappa shape index (κ2) is 5.66. The van der Waals surface area contributed by atoms with Crippen LogP contribution in [0.5, 0.6) is 0 Å². The van der Waals surface area contributed by atoms with Crippen LogP contribution in [0, 0.1) is 17.0 Å². The van der Waals surface area contributed by atoms with Gasteiger partial charge in [0.25, 0.3) is 15.7 Å². The van der Waals surface area contributed by atoms with Crippen LogP contribution in [0.1, 0.15) is 5.56 Å². The van der Waals surface area contributed by atoms with Crippen LogP contribution in [0.3, 0.4) is 0 Å². The Labute approximate surface area is 125 Å². The summed E-state index contributed by atoms with van der Waals surface area (Å²) in [5.74, 6) is 0. The summed E-state index contributed by atoms with van der Waals surface area (Å²) >= 11 is 5.83. The van der Waals surface area contributed by atoms with Crippen molar-refractivity contribution in [3.63, 3.8) is 0 Å². The highest BCUT2D eigenvalue weighted by atomic mass is 35.5. The van der Waals surface area contributed by atoms with Crippen molar-refractivity contribution in [1.82, 2.24) is 4.98 Å². The van der Waals surface area contributed by atoms with Crippen LogP contribution in [0.25, 0.3) is 0 Å². The standard InChI is InChI=1S/C12H10ClN3O4S/c1-8-4-5-14-7-11(8)15-21(19,20)12-6-9(16(17)18)2-3-10(12)13/h2-7,15H,1H3. The topological polar surface area (TPSA) is 102 Å². The van der Waals surface area contributed by atoms with E-state index in [4.69, 9.17) is 11.6 Å². The number of sulfonamides is 1. The van der Waals surface area contributed by atoms with Gasteiger partial charge < -0.3 is 0 Å². The van der Waals surface area contributed by atoms with E-state index in [0.29, 0.717) is 5.56 Å². The molecule has 0 unspecified atom stereocenters. The van der Waals surface area contributed by atoms with Gasteiger partial charge in [-0.15, -0.1) is 0 Å². The predicted molar refractivity (Wildman–Crippen MR) is 77.9 cm³/mol. The summed E-state index contributed by atoms with van der Waals surface area (Å²) in [5.41, 5.74) is 0.581. The second-order valence-corrected chi connectivity index (χ2v) is 6.23. The molecule has 0 atom stereocenters. The minimum atomic E-state index is -4.05. The number of rotatable bonds is 4. The largest absolute Gasteiger partial charge is 0.278 e. The fourth-order valence-corrected chi connectivity index (χ4v) is 3.22. The number of halogens is 1. The highest BCUT2D eigenvalue weighted by molar-refractivity contribution is 7.92. The molecule has 0 spiro atoms. The number of anilines is 1. The Morgan fingerprint density at radius 1 is 1.33 bits per heavy atom. The van der Waals surface area contributed by atoms with E-state index in [1.54, 1.807) is 13.0 Å². The van der Waals surface area contributed by atoms with Crippen molar-refractivity contribution in [1.29, 1.82) is 0 Å². The number of nitro benzene ring substituents is 1. The number of nitro groups is 1. The van der Waals surface area contributed by atoms with Gasteiger partial charge in [-0.3, -0.25) is 19.8 Å². The molecule has 0 saturated carbocycles. The van der Waals surface area contributed by atoms with E-state index in [-0.39, 0.29) is 21.3 Å². The van der Waals surface area contributed by atoms with Crippen molar-refractivity contribution in [2.45, 2.75) is 11.8 Å². The second-order valence-electron chi connectivity index (χ2n) is 4.17. The molecule has 21 heavy (non-hydrogen) atoms. The summed E-state index contributed by atoms with van der Waals surface area (Å²) in [6, 6.07) is 4.85. The zero-order valence-corrected chi connectivity index (χ0v) is 12.4. The number of non-ortho nitro benzene ring substituents is 1. The molecule has 1 heterocycles. The maximum absolute atomic E-state index is 12.3. The number of hydrogen-bond donors (Lipinski definition) is 1. The maximum Gasteiger partial charge on any atom is 0.270 e. The molecule has 7 nitrogen and oxygen atoms in total. The molecular weight excluding hydrogens is 318 g/mol. The van der Waals surface area contributed by atoms with E-state index in [1.165, 1.54) is 18.5 Å². The van der Waals surface area contributed by atoms with Crippen LogP contribution in [0.4, 0.5) is 11.4 Å². The Hall–Kier alpha value is -2.19. The minimum absolute atomic E-state index is 0.102. The van der Waals surface area contributed by atoms with Crippen molar-refractivity contribution in [3.05, 3.63) is 57.4 Å². The summed E-state index contributed by atoms with van der Waals surface area (Å²) in [6.07, 6.45) is 2.87. The molecule has 2 rings (SSSR count).